The van der Waals surface area contributed by atoms with Gasteiger partial charge in [0.05, 0.1) is 10.7 Å². The lowest BCUT2D eigenvalue weighted by Gasteiger charge is -2.14. The summed E-state index contributed by atoms with van der Waals surface area (Å²) in [5, 5.41) is 9.48. The Kier molecular flexibility index (Phi) is 7.04. The number of ether oxygens (including phenoxy) is 2. The SMILES string of the molecule is COc1cc(/C=C(\C#N)C(=O)c2ccccc2)cc(I)c1OCc1ccccc1. The van der Waals surface area contributed by atoms with Crippen molar-refractivity contribution < 1.29 is 14.3 Å². The number of benzene rings is 3. The first kappa shape index (κ1) is 20.6. The van der Waals surface area contributed by atoms with E-state index in [1.54, 1.807) is 43.5 Å². The third-order valence-corrected chi connectivity index (χ3v) is 4.99. The standard InChI is InChI=1S/C24H18INO3/c1-28-22-14-18(12-20(15-26)23(27)19-10-6-3-7-11-19)13-21(25)24(22)29-16-17-8-4-2-5-9-17/h2-14H,16H2,1H3/b20-12+. The summed E-state index contributed by atoms with van der Waals surface area (Å²) >= 11 is 2.16. The molecule has 0 aromatic heterocycles. The number of hydrogen-bond acceptors (Lipinski definition) is 4. The molecule has 3 rings (SSSR count). The summed E-state index contributed by atoms with van der Waals surface area (Å²) in [4.78, 5) is 12.6. The van der Waals surface area contributed by atoms with E-state index < -0.39 is 0 Å². The van der Waals surface area contributed by atoms with Gasteiger partial charge in [-0.2, -0.15) is 5.26 Å². The highest BCUT2D eigenvalue weighted by Gasteiger charge is 2.15. The molecule has 0 spiro atoms. The lowest BCUT2D eigenvalue weighted by atomic mass is 10.0. The largest absolute Gasteiger partial charge is 0.493 e. The lowest BCUT2D eigenvalue weighted by molar-refractivity contribution is 0.104. The minimum Gasteiger partial charge on any atom is -0.493 e. The van der Waals surface area contributed by atoms with Gasteiger partial charge in [-0.3, -0.25) is 4.79 Å². The molecular formula is C24H18INO3. The Morgan fingerprint density at radius 3 is 2.34 bits per heavy atom. The Hall–Kier alpha value is -3.11. The van der Waals surface area contributed by atoms with Gasteiger partial charge in [-0.1, -0.05) is 60.7 Å². The summed E-state index contributed by atoms with van der Waals surface area (Å²) in [6.45, 7) is 0.415. The second-order valence-corrected chi connectivity index (χ2v) is 7.34. The van der Waals surface area contributed by atoms with Crippen LogP contribution in [0.2, 0.25) is 0 Å². The maximum Gasteiger partial charge on any atom is 0.203 e. The number of hydrogen-bond donors (Lipinski definition) is 0. The Morgan fingerprint density at radius 2 is 1.72 bits per heavy atom. The predicted octanol–water partition coefficient (Wildman–Crippen LogP) is 5.67. The van der Waals surface area contributed by atoms with Crippen molar-refractivity contribution in [1.82, 2.24) is 0 Å². The fraction of sp³-hybridized carbons (Fsp3) is 0.0833. The third kappa shape index (κ3) is 5.24. The van der Waals surface area contributed by atoms with Crippen LogP contribution in [0, 0.1) is 14.9 Å². The number of allylic oxidation sites excluding steroid dienone is 1. The van der Waals surface area contributed by atoms with E-state index in [1.165, 1.54) is 0 Å². The van der Waals surface area contributed by atoms with Gasteiger partial charge in [-0.05, 0) is 51.9 Å². The number of rotatable bonds is 7. The second kappa shape index (κ2) is 9.89. The fourth-order valence-electron chi connectivity index (χ4n) is 2.75. The highest BCUT2D eigenvalue weighted by Crippen LogP contribution is 2.35. The molecule has 0 fully saturated rings. The normalized spacial score (nSPS) is 10.9. The zero-order valence-electron chi connectivity index (χ0n) is 15.8. The summed E-state index contributed by atoms with van der Waals surface area (Å²) in [5.74, 6) is 0.858. The quantitative estimate of drug-likeness (QED) is 0.184. The molecule has 0 aliphatic rings. The number of halogens is 1. The van der Waals surface area contributed by atoms with E-state index >= 15 is 0 Å². The smallest absolute Gasteiger partial charge is 0.203 e. The van der Waals surface area contributed by atoms with Crippen LogP contribution in [-0.4, -0.2) is 12.9 Å². The van der Waals surface area contributed by atoms with E-state index in [4.69, 9.17) is 9.47 Å². The second-order valence-electron chi connectivity index (χ2n) is 6.17. The van der Waals surface area contributed by atoms with Crippen molar-refractivity contribution in [2.45, 2.75) is 6.61 Å². The van der Waals surface area contributed by atoms with E-state index in [1.807, 2.05) is 48.5 Å². The summed E-state index contributed by atoms with van der Waals surface area (Å²) in [6.07, 6.45) is 1.57. The number of carbonyl (C=O) groups excluding carboxylic acids is 1. The van der Waals surface area contributed by atoms with Gasteiger partial charge in [-0.25, -0.2) is 0 Å². The maximum absolute atomic E-state index is 12.6. The molecule has 0 atom stereocenters. The molecule has 0 aliphatic heterocycles. The summed E-state index contributed by atoms with van der Waals surface area (Å²) in [5.41, 5.74) is 2.28. The summed E-state index contributed by atoms with van der Waals surface area (Å²) in [6, 6.07) is 24.2. The molecule has 0 radical (unpaired) electrons. The first-order valence-corrected chi connectivity index (χ1v) is 9.96. The molecule has 3 aromatic carbocycles. The Morgan fingerprint density at radius 1 is 1.07 bits per heavy atom. The molecule has 0 N–H and O–H groups in total. The molecule has 0 heterocycles. The van der Waals surface area contributed by atoms with Crippen LogP contribution >= 0.6 is 22.6 Å². The van der Waals surface area contributed by atoms with E-state index in [0.717, 1.165) is 9.13 Å². The van der Waals surface area contributed by atoms with Crippen LogP contribution in [0.5, 0.6) is 11.5 Å². The van der Waals surface area contributed by atoms with Crippen molar-refractivity contribution in [2.75, 3.05) is 7.11 Å². The highest BCUT2D eigenvalue weighted by atomic mass is 127. The predicted molar refractivity (Wildman–Crippen MR) is 121 cm³/mol. The lowest BCUT2D eigenvalue weighted by Crippen LogP contribution is -2.02. The van der Waals surface area contributed by atoms with Crippen molar-refractivity contribution in [3.8, 4) is 17.6 Å². The van der Waals surface area contributed by atoms with Gasteiger partial charge in [-0.15, -0.1) is 0 Å². The van der Waals surface area contributed by atoms with Gasteiger partial charge in [0.15, 0.2) is 11.5 Å². The minimum atomic E-state index is -0.313. The molecular weight excluding hydrogens is 477 g/mol. The zero-order chi connectivity index (χ0) is 20.6. The minimum absolute atomic E-state index is 0.0620. The van der Waals surface area contributed by atoms with Crippen molar-refractivity contribution in [2.24, 2.45) is 0 Å². The van der Waals surface area contributed by atoms with Crippen LogP contribution < -0.4 is 9.47 Å². The number of ketones is 1. The number of methoxy groups -OCH3 is 1. The molecule has 0 unspecified atom stereocenters. The number of carbonyl (C=O) groups is 1. The molecule has 0 aliphatic carbocycles. The van der Waals surface area contributed by atoms with Gasteiger partial charge >= 0.3 is 0 Å². The van der Waals surface area contributed by atoms with Crippen molar-refractivity contribution in [3.05, 3.63) is 98.6 Å². The van der Waals surface area contributed by atoms with Crippen LogP contribution in [-0.2, 0) is 6.61 Å². The molecule has 0 amide bonds. The van der Waals surface area contributed by atoms with Gasteiger partial charge in [0.1, 0.15) is 18.2 Å². The average Bonchev–Trinajstić information content (AvgIpc) is 2.77. The molecule has 5 heteroatoms. The van der Waals surface area contributed by atoms with Crippen LogP contribution in [0.15, 0.2) is 78.4 Å². The molecule has 29 heavy (non-hydrogen) atoms. The topological polar surface area (TPSA) is 59.3 Å². The zero-order valence-corrected chi connectivity index (χ0v) is 17.9. The average molecular weight is 495 g/mol. The van der Waals surface area contributed by atoms with Crippen LogP contribution in [0.4, 0.5) is 0 Å². The van der Waals surface area contributed by atoms with Crippen LogP contribution in [0.3, 0.4) is 0 Å². The first-order valence-electron chi connectivity index (χ1n) is 8.88. The van der Waals surface area contributed by atoms with Crippen molar-refractivity contribution in [1.29, 1.82) is 5.26 Å². The van der Waals surface area contributed by atoms with Crippen molar-refractivity contribution in [3.63, 3.8) is 0 Å². The summed E-state index contributed by atoms with van der Waals surface area (Å²) in [7, 11) is 1.56. The van der Waals surface area contributed by atoms with Gasteiger partial charge < -0.3 is 9.47 Å². The molecule has 0 bridgehead atoms. The van der Waals surface area contributed by atoms with E-state index in [2.05, 4.69) is 22.6 Å². The Balaban J connectivity index is 1.88. The highest BCUT2D eigenvalue weighted by molar-refractivity contribution is 14.1. The number of nitriles is 1. The van der Waals surface area contributed by atoms with Gasteiger partial charge in [0.25, 0.3) is 0 Å². The number of nitrogens with zero attached hydrogens (tertiary/aromatic N) is 1. The molecule has 0 saturated heterocycles. The fourth-order valence-corrected chi connectivity index (χ4v) is 3.53. The van der Waals surface area contributed by atoms with Gasteiger partial charge in [0, 0.05) is 5.56 Å². The molecule has 0 saturated carbocycles. The van der Waals surface area contributed by atoms with Crippen LogP contribution in [0.1, 0.15) is 21.5 Å². The van der Waals surface area contributed by atoms with Gasteiger partial charge in [0.2, 0.25) is 5.78 Å². The maximum atomic E-state index is 12.6. The Bertz CT molecular complexity index is 1070. The Labute approximate surface area is 183 Å². The van der Waals surface area contributed by atoms with Crippen molar-refractivity contribution >= 4 is 34.5 Å². The monoisotopic (exact) mass is 495 g/mol. The molecule has 3 aromatic rings. The van der Waals surface area contributed by atoms with Crippen LogP contribution in [0.25, 0.3) is 6.08 Å². The van der Waals surface area contributed by atoms with E-state index in [9.17, 15) is 10.1 Å². The molecule has 144 valence electrons. The first-order chi connectivity index (χ1) is 14.1. The summed E-state index contributed by atoms with van der Waals surface area (Å²) < 4.78 is 12.3. The third-order valence-electron chi connectivity index (χ3n) is 4.19. The number of Topliss-reactive ketones (excluding diaryl/α,β-unsaturated/α-hetero) is 1. The van der Waals surface area contributed by atoms with E-state index in [-0.39, 0.29) is 11.4 Å². The van der Waals surface area contributed by atoms with E-state index in [0.29, 0.717) is 29.2 Å². The molecule has 4 nitrogen and oxygen atoms in total.